The monoisotopic (exact) mass is 475 g/mol. The number of alkyl halides is 3. The third-order valence-electron chi connectivity index (χ3n) is 4.58. The van der Waals surface area contributed by atoms with Gasteiger partial charge in [0.25, 0.3) is 0 Å². The van der Waals surface area contributed by atoms with Crippen molar-refractivity contribution in [1.29, 1.82) is 0 Å². The van der Waals surface area contributed by atoms with Crippen molar-refractivity contribution < 1.29 is 31.1 Å². The predicted molar refractivity (Wildman–Crippen MR) is 110 cm³/mol. The van der Waals surface area contributed by atoms with Crippen LogP contribution in [0.4, 0.5) is 19.0 Å². The Bertz CT molecular complexity index is 1040. The van der Waals surface area contributed by atoms with Gasteiger partial charge in [0.05, 0.1) is 16.3 Å². The van der Waals surface area contributed by atoms with Gasteiger partial charge in [0.1, 0.15) is 18.5 Å². The predicted octanol–water partition coefficient (Wildman–Crippen LogP) is 2.97. The van der Waals surface area contributed by atoms with Crippen LogP contribution < -0.4 is 4.90 Å². The number of esters is 1. The summed E-state index contributed by atoms with van der Waals surface area (Å²) in [5.41, 5.74) is -0.365. The van der Waals surface area contributed by atoms with Gasteiger partial charge in [0, 0.05) is 26.0 Å². The summed E-state index contributed by atoms with van der Waals surface area (Å²) < 4.78 is 69.2. The Morgan fingerprint density at radius 2 is 2.03 bits per heavy atom. The molecule has 0 amide bonds. The van der Waals surface area contributed by atoms with Crippen LogP contribution in [0.5, 0.6) is 0 Å². The molecule has 168 valence electrons. The lowest BCUT2D eigenvalue weighted by Crippen LogP contribution is -2.39. The number of anilines is 1. The second-order valence-electron chi connectivity index (χ2n) is 6.93. The van der Waals surface area contributed by atoms with E-state index in [0.717, 1.165) is 16.6 Å². The molecule has 0 radical (unpaired) electrons. The van der Waals surface area contributed by atoms with E-state index in [9.17, 15) is 26.4 Å². The van der Waals surface area contributed by atoms with Gasteiger partial charge < -0.3 is 9.64 Å². The first kappa shape index (κ1) is 23.4. The van der Waals surface area contributed by atoms with Gasteiger partial charge in [-0.05, 0) is 29.8 Å². The fourth-order valence-corrected chi connectivity index (χ4v) is 4.97. The van der Waals surface area contributed by atoms with Crippen LogP contribution in [0.15, 0.2) is 47.5 Å². The summed E-state index contributed by atoms with van der Waals surface area (Å²) >= 11 is 1.43. The third kappa shape index (κ3) is 5.31. The van der Waals surface area contributed by atoms with Crippen LogP contribution in [0.1, 0.15) is 11.1 Å². The molecule has 1 aromatic carbocycles. The minimum atomic E-state index is -4.49. The van der Waals surface area contributed by atoms with Crippen molar-refractivity contribution in [3.63, 3.8) is 0 Å². The summed E-state index contributed by atoms with van der Waals surface area (Å²) in [6.45, 7) is -0.134. The lowest BCUT2D eigenvalue weighted by molar-refractivity contribution is -0.146. The number of pyridine rings is 1. The van der Waals surface area contributed by atoms with Gasteiger partial charge in [0.15, 0.2) is 0 Å². The molecule has 1 atom stereocenters. The van der Waals surface area contributed by atoms with E-state index in [-0.39, 0.29) is 17.3 Å². The lowest BCUT2D eigenvalue weighted by Gasteiger charge is -2.23. The average Bonchev–Trinajstić information content (AvgIpc) is 3.21. The van der Waals surface area contributed by atoms with E-state index in [1.165, 1.54) is 44.1 Å². The Balaban J connectivity index is 1.68. The maximum absolute atomic E-state index is 12.7. The van der Waals surface area contributed by atoms with E-state index in [1.807, 2.05) is 0 Å². The van der Waals surface area contributed by atoms with Crippen molar-refractivity contribution >= 4 is 33.6 Å². The zero-order chi connectivity index (χ0) is 22.8. The Labute approximate surface area is 182 Å². The number of ether oxygens (including phenoxy) is 1. The second kappa shape index (κ2) is 9.05. The van der Waals surface area contributed by atoms with Crippen molar-refractivity contribution in [2.24, 2.45) is 0 Å². The van der Waals surface area contributed by atoms with Crippen LogP contribution in [-0.4, -0.2) is 55.4 Å². The molecule has 1 saturated heterocycles. The summed E-state index contributed by atoms with van der Waals surface area (Å²) in [4.78, 5) is 18.1. The first-order chi connectivity index (χ1) is 14.5. The number of nitrogens with zero attached hydrogens (tertiary/aromatic N) is 3. The summed E-state index contributed by atoms with van der Waals surface area (Å²) in [6, 6.07) is 7.52. The number of hydrogen-bond donors (Lipinski definition) is 0. The van der Waals surface area contributed by atoms with Crippen LogP contribution in [-0.2, 0) is 32.3 Å². The molecule has 0 spiro atoms. The SMILES string of the molecule is CN(C)S(=O)(=O)c1cccc(COC(=O)[C@@H]2CSCN2c2ccc(C(F)(F)F)cn2)c1. The molecule has 12 heteroatoms. The normalized spacial score (nSPS) is 17.2. The number of hydrogen-bond acceptors (Lipinski definition) is 7. The lowest BCUT2D eigenvalue weighted by atomic mass is 10.2. The Hall–Kier alpha value is -2.31. The Morgan fingerprint density at radius 1 is 1.29 bits per heavy atom. The summed E-state index contributed by atoms with van der Waals surface area (Å²) in [6.07, 6.45) is -3.75. The number of thioether (sulfide) groups is 1. The van der Waals surface area contributed by atoms with E-state index in [0.29, 0.717) is 17.2 Å². The van der Waals surface area contributed by atoms with Gasteiger partial charge in [-0.1, -0.05) is 12.1 Å². The molecule has 1 aliphatic rings. The number of carbonyl (C=O) groups is 1. The minimum Gasteiger partial charge on any atom is -0.459 e. The zero-order valence-electron chi connectivity index (χ0n) is 16.7. The fraction of sp³-hybridized carbons (Fsp3) is 0.368. The zero-order valence-corrected chi connectivity index (χ0v) is 18.3. The Morgan fingerprint density at radius 3 is 2.65 bits per heavy atom. The molecule has 0 saturated carbocycles. The minimum absolute atomic E-state index is 0.0815. The number of halogens is 3. The molecule has 2 aromatic rings. The molecule has 1 aliphatic heterocycles. The highest BCUT2D eigenvalue weighted by Gasteiger charge is 2.35. The largest absolute Gasteiger partial charge is 0.459 e. The van der Waals surface area contributed by atoms with E-state index in [2.05, 4.69) is 4.98 Å². The van der Waals surface area contributed by atoms with Gasteiger partial charge in [-0.3, -0.25) is 0 Å². The fourth-order valence-electron chi connectivity index (χ4n) is 2.84. The van der Waals surface area contributed by atoms with Crippen molar-refractivity contribution in [3.05, 3.63) is 53.7 Å². The molecule has 31 heavy (non-hydrogen) atoms. The molecule has 3 rings (SSSR count). The van der Waals surface area contributed by atoms with Crippen LogP contribution in [0, 0.1) is 0 Å². The van der Waals surface area contributed by atoms with Crippen molar-refractivity contribution in [2.75, 3.05) is 30.6 Å². The number of aromatic nitrogens is 1. The highest BCUT2D eigenvalue weighted by Crippen LogP contribution is 2.32. The highest BCUT2D eigenvalue weighted by atomic mass is 32.2. The van der Waals surface area contributed by atoms with Gasteiger partial charge >= 0.3 is 12.1 Å². The molecule has 0 bridgehead atoms. The van der Waals surface area contributed by atoms with Gasteiger partial charge in [0.2, 0.25) is 10.0 Å². The number of sulfonamides is 1. The smallest absolute Gasteiger partial charge is 0.417 e. The Kier molecular flexibility index (Phi) is 6.82. The molecule has 7 nitrogen and oxygen atoms in total. The summed E-state index contributed by atoms with van der Waals surface area (Å²) in [5.74, 6) is 0.470. The molecule has 0 aliphatic carbocycles. The summed E-state index contributed by atoms with van der Waals surface area (Å²) in [7, 11) is -0.779. The topological polar surface area (TPSA) is 79.8 Å². The number of carbonyl (C=O) groups excluding carboxylic acids is 1. The van der Waals surface area contributed by atoms with Crippen LogP contribution in [0.3, 0.4) is 0 Å². The van der Waals surface area contributed by atoms with Gasteiger partial charge in [-0.2, -0.15) is 13.2 Å². The van der Waals surface area contributed by atoms with Gasteiger partial charge in [-0.15, -0.1) is 11.8 Å². The molecule has 1 fully saturated rings. The first-order valence-electron chi connectivity index (χ1n) is 9.06. The molecular formula is C19H20F3N3O4S2. The summed E-state index contributed by atoms with van der Waals surface area (Å²) in [5, 5.41) is 0. The standard InChI is InChI=1S/C19H20F3N3O4S2/c1-24(2)31(27,28)15-5-3-4-13(8-15)10-29-18(26)16-11-30-12-25(16)17-7-6-14(9-23-17)19(20,21)22/h3-9,16H,10-12H2,1-2H3/t16-/m0/s1. The maximum Gasteiger partial charge on any atom is 0.417 e. The van der Waals surface area contributed by atoms with Gasteiger partial charge in [-0.25, -0.2) is 22.5 Å². The van der Waals surface area contributed by atoms with Crippen molar-refractivity contribution in [2.45, 2.75) is 23.7 Å². The van der Waals surface area contributed by atoms with Crippen molar-refractivity contribution in [3.8, 4) is 0 Å². The number of benzene rings is 1. The van der Waals surface area contributed by atoms with E-state index < -0.39 is 33.8 Å². The molecule has 0 N–H and O–H groups in total. The highest BCUT2D eigenvalue weighted by molar-refractivity contribution is 7.99. The third-order valence-corrected chi connectivity index (χ3v) is 7.41. The second-order valence-corrected chi connectivity index (χ2v) is 10.1. The molecule has 2 heterocycles. The number of rotatable bonds is 6. The van der Waals surface area contributed by atoms with Crippen LogP contribution in [0.2, 0.25) is 0 Å². The molecular weight excluding hydrogens is 455 g/mol. The maximum atomic E-state index is 12.7. The molecule has 0 unspecified atom stereocenters. The quantitative estimate of drug-likeness (QED) is 0.595. The first-order valence-corrected chi connectivity index (χ1v) is 11.7. The van der Waals surface area contributed by atoms with E-state index in [1.54, 1.807) is 17.0 Å². The molecule has 1 aromatic heterocycles. The van der Waals surface area contributed by atoms with E-state index in [4.69, 9.17) is 4.74 Å². The van der Waals surface area contributed by atoms with Crippen molar-refractivity contribution in [1.82, 2.24) is 9.29 Å². The van der Waals surface area contributed by atoms with Crippen LogP contribution >= 0.6 is 11.8 Å². The average molecular weight is 476 g/mol. The van der Waals surface area contributed by atoms with Crippen LogP contribution in [0.25, 0.3) is 0 Å². The van der Waals surface area contributed by atoms with E-state index >= 15 is 0 Å².